The summed E-state index contributed by atoms with van der Waals surface area (Å²) in [4.78, 5) is 18.3. The van der Waals surface area contributed by atoms with E-state index >= 15 is 0 Å². The van der Waals surface area contributed by atoms with Gasteiger partial charge in [0.15, 0.2) is 0 Å². The Kier molecular flexibility index (Phi) is 6.14. The van der Waals surface area contributed by atoms with Gasteiger partial charge in [-0.25, -0.2) is 0 Å². The molecular weight excluding hydrogens is 266 g/mol. The number of nitrogens with one attached hydrogen (secondary N) is 1. The van der Waals surface area contributed by atoms with Gasteiger partial charge in [0.25, 0.3) is 0 Å². The molecule has 1 aliphatic rings. The van der Waals surface area contributed by atoms with Crippen molar-refractivity contribution in [1.82, 2.24) is 15.2 Å². The SMILES string of the molecule is CC(C)CN1CCOC(CNC(=O)Cc2cccnc2)C1. The molecule has 1 amide bonds. The number of hydrogen-bond acceptors (Lipinski definition) is 4. The minimum atomic E-state index is 0.0209. The van der Waals surface area contributed by atoms with Crippen LogP contribution < -0.4 is 5.32 Å². The molecule has 1 unspecified atom stereocenters. The van der Waals surface area contributed by atoms with Gasteiger partial charge in [0.1, 0.15) is 0 Å². The van der Waals surface area contributed by atoms with Crippen LogP contribution in [0.25, 0.3) is 0 Å². The number of hydrogen-bond donors (Lipinski definition) is 1. The Bertz CT molecular complexity index is 436. The summed E-state index contributed by atoms with van der Waals surface area (Å²) in [5.74, 6) is 0.677. The maximum absolute atomic E-state index is 11.9. The van der Waals surface area contributed by atoms with Gasteiger partial charge >= 0.3 is 0 Å². The molecule has 0 spiro atoms. The molecule has 0 bridgehead atoms. The number of pyridine rings is 1. The van der Waals surface area contributed by atoms with E-state index in [1.807, 2.05) is 12.1 Å². The van der Waals surface area contributed by atoms with E-state index in [-0.39, 0.29) is 12.0 Å². The highest BCUT2D eigenvalue weighted by Gasteiger charge is 2.21. The Balaban J connectivity index is 1.71. The molecule has 1 aromatic heterocycles. The standard InChI is InChI=1S/C16H25N3O2/c1-13(2)11-19-6-7-21-15(12-19)10-18-16(20)8-14-4-3-5-17-9-14/h3-5,9,13,15H,6-8,10-12H2,1-2H3,(H,18,20). The zero-order chi connectivity index (χ0) is 15.1. The molecule has 0 saturated carbocycles. The number of amides is 1. The van der Waals surface area contributed by atoms with Gasteiger partial charge in [-0.15, -0.1) is 0 Å². The normalized spacial score (nSPS) is 19.7. The van der Waals surface area contributed by atoms with Crippen molar-refractivity contribution in [2.45, 2.75) is 26.4 Å². The van der Waals surface area contributed by atoms with Crippen LogP contribution in [0.4, 0.5) is 0 Å². The van der Waals surface area contributed by atoms with Gasteiger partial charge in [0.05, 0.1) is 19.1 Å². The molecule has 1 atom stereocenters. The van der Waals surface area contributed by atoms with Crippen molar-refractivity contribution < 1.29 is 9.53 Å². The fourth-order valence-corrected chi connectivity index (χ4v) is 2.56. The zero-order valence-electron chi connectivity index (χ0n) is 12.9. The summed E-state index contributed by atoms with van der Waals surface area (Å²) in [5.41, 5.74) is 0.931. The lowest BCUT2D eigenvalue weighted by Crippen LogP contribution is -2.48. The number of nitrogens with zero attached hydrogens (tertiary/aromatic N) is 2. The number of morpholine rings is 1. The Morgan fingerprint density at radius 1 is 1.57 bits per heavy atom. The fourth-order valence-electron chi connectivity index (χ4n) is 2.56. The molecule has 2 heterocycles. The maximum atomic E-state index is 11.9. The van der Waals surface area contributed by atoms with E-state index in [0.29, 0.717) is 18.9 Å². The van der Waals surface area contributed by atoms with Gasteiger partial charge in [0, 0.05) is 38.6 Å². The third-order valence-corrected chi connectivity index (χ3v) is 3.46. The smallest absolute Gasteiger partial charge is 0.224 e. The lowest BCUT2D eigenvalue weighted by Gasteiger charge is -2.33. The minimum Gasteiger partial charge on any atom is -0.374 e. The maximum Gasteiger partial charge on any atom is 0.224 e. The first kappa shape index (κ1) is 15.9. The second kappa shape index (κ2) is 8.10. The molecule has 5 nitrogen and oxygen atoms in total. The average molecular weight is 291 g/mol. The predicted molar refractivity (Wildman–Crippen MR) is 82.0 cm³/mol. The monoisotopic (exact) mass is 291 g/mol. The quantitative estimate of drug-likeness (QED) is 0.853. The highest BCUT2D eigenvalue weighted by atomic mass is 16.5. The molecule has 1 saturated heterocycles. The molecule has 2 rings (SSSR count). The summed E-state index contributed by atoms with van der Waals surface area (Å²) >= 11 is 0. The first-order valence-corrected chi connectivity index (χ1v) is 7.63. The summed E-state index contributed by atoms with van der Waals surface area (Å²) in [5, 5.41) is 2.96. The van der Waals surface area contributed by atoms with Crippen molar-refractivity contribution in [2.75, 3.05) is 32.8 Å². The summed E-state index contributed by atoms with van der Waals surface area (Å²) in [6.45, 7) is 8.73. The fraction of sp³-hybridized carbons (Fsp3) is 0.625. The van der Waals surface area contributed by atoms with Gasteiger partial charge in [0.2, 0.25) is 5.91 Å². The van der Waals surface area contributed by atoms with E-state index in [2.05, 4.69) is 29.0 Å². The Hall–Kier alpha value is -1.46. The molecular formula is C16H25N3O2. The number of carbonyl (C=O) groups is 1. The molecule has 0 radical (unpaired) electrons. The van der Waals surface area contributed by atoms with Crippen molar-refractivity contribution in [2.24, 2.45) is 5.92 Å². The van der Waals surface area contributed by atoms with E-state index in [4.69, 9.17) is 4.74 Å². The van der Waals surface area contributed by atoms with E-state index in [0.717, 1.165) is 31.8 Å². The van der Waals surface area contributed by atoms with Crippen LogP contribution in [0.2, 0.25) is 0 Å². The van der Waals surface area contributed by atoms with Gasteiger partial charge < -0.3 is 10.1 Å². The van der Waals surface area contributed by atoms with Crippen LogP contribution in [-0.4, -0.2) is 54.7 Å². The lowest BCUT2D eigenvalue weighted by atomic mass is 10.1. The summed E-state index contributed by atoms with van der Waals surface area (Å²) in [6, 6.07) is 3.75. The molecule has 5 heteroatoms. The molecule has 1 N–H and O–H groups in total. The number of ether oxygens (including phenoxy) is 1. The predicted octanol–water partition coefficient (Wildman–Crippen LogP) is 1.10. The van der Waals surface area contributed by atoms with Crippen LogP contribution in [0.1, 0.15) is 19.4 Å². The number of carbonyl (C=O) groups excluding carboxylic acids is 1. The molecule has 0 aromatic carbocycles. The highest BCUT2D eigenvalue weighted by molar-refractivity contribution is 5.78. The van der Waals surface area contributed by atoms with Crippen LogP contribution in [0.15, 0.2) is 24.5 Å². The number of aromatic nitrogens is 1. The first-order valence-electron chi connectivity index (χ1n) is 7.63. The van der Waals surface area contributed by atoms with Crippen molar-refractivity contribution in [1.29, 1.82) is 0 Å². The minimum absolute atomic E-state index is 0.0209. The van der Waals surface area contributed by atoms with Gasteiger partial charge in [-0.2, -0.15) is 0 Å². The summed E-state index contributed by atoms with van der Waals surface area (Å²) in [6.07, 6.45) is 3.90. The van der Waals surface area contributed by atoms with E-state index in [1.165, 1.54) is 0 Å². The van der Waals surface area contributed by atoms with Crippen molar-refractivity contribution in [3.63, 3.8) is 0 Å². The lowest BCUT2D eigenvalue weighted by molar-refractivity contribution is -0.121. The highest BCUT2D eigenvalue weighted by Crippen LogP contribution is 2.07. The van der Waals surface area contributed by atoms with Crippen LogP contribution in [0, 0.1) is 5.92 Å². The van der Waals surface area contributed by atoms with E-state index in [1.54, 1.807) is 12.4 Å². The molecule has 1 fully saturated rings. The van der Waals surface area contributed by atoms with E-state index < -0.39 is 0 Å². The summed E-state index contributed by atoms with van der Waals surface area (Å²) < 4.78 is 5.72. The van der Waals surface area contributed by atoms with Crippen LogP contribution in [-0.2, 0) is 16.0 Å². The molecule has 21 heavy (non-hydrogen) atoms. The third-order valence-electron chi connectivity index (χ3n) is 3.46. The second-order valence-electron chi connectivity index (χ2n) is 5.99. The van der Waals surface area contributed by atoms with Crippen LogP contribution >= 0.6 is 0 Å². The Morgan fingerprint density at radius 3 is 3.14 bits per heavy atom. The average Bonchev–Trinajstić information content (AvgIpc) is 2.46. The van der Waals surface area contributed by atoms with Gasteiger partial charge in [-0.05, 0) is 17.5 Å². The van der Waals surface area contributed by atoms with Crippen LogP contribution in [0.5, 0.6) is 0 Å². The van der Waals surface area contributed by atoms with Crippen molar-refractivity contribution in [3.8, 4) is 0 Å². The van der Waals surface area contributed by atoms with Crippen molar-refractivity contribution >= 4 is 5.91 Å². The first-order chi connectivity index (χ1) is 10.1. The van der Waals surface area contributed by atoms with Gasteiger partial charge in [-0.1, -0.05) is 19.9 Å². The second-order valence-corrected chi connectivity index (χ2v) is 5.99. The van der Waals surface area contributed by atoms with Crippen LogP contribution in [0.3, 0.4) is 0 Å². The summed E-state index contributed by atoms with van der Waals surface area (Å²) in [7, 11) is 0. The molecule has 1 aliphatic heterocycles. The number of rotatable bonds is 6. The Morgan fingerprint density at radius 2 is 2.43 bits per heavy atom. The van der Waals surface area contributed by atoms with Crippen molar-refractivity contribution in [3.05, 3.63) is 30.1 Å². The zero-order valence-corrected chi connectivity index (χ0v) is 12.9. The third kappa shape index (κ3) is 5.81. The van der Waals surface area contributed by atoms with Gasteiger partial charge in [-0.3, -0.25) is 14.7 Å². The molecule has 116 valence electrons. The molecule has 1 aromatic rings. The molecule has 0 aliphatic carbocycles. The Labute approximate surface area is 126 Å². The largest absolute Gasteiger partial charge is 0.374 e. The van der Waals surface area contributed by atoms with E-state index in [9.17, 15) is 4.79 Å². The topological polar surface area (TPSA) is 54.5 Å².